The van der Waals surface area contributed by atoms with Crippen molar-refractivity contribution >= 4 is 29.9 Å². The minimum atomic E-state index is 0. The number of piperidine rings is 1. The van der Waals surface area contributed by atoms with Crippen LogP contribution in [0.15, 0.2) is 9.41 Å². The number of halogens is 1. The minimum absolute atomic E-state index is 0. The minimum Gasteiger partial charge on any atom is -0.444 e. The van der Waals surface area contributed by atoms with Gasteiger partial charge in [-0.3, -0.25) is 9.89 Å². The monoisotopic (exact) mass is 505 g/mol. The molecule has 2 N–H and O–H groups in total. The van der Waals surface area contributed by atoms with Crippen LogP contribution in [0.5, 0.6) is 0 Å². The summed E-state index contributed by atoms with van der Waals surface area (Å²) in [6, 6.07) is 0. The zero-order chi connectivity index (χ0) is 19.6. The summed E-state index contributed by atoms with van der Waals surface area (Å²) >= 11 is 0. The molecule has 1 fully saturated rings. The van der Waals surface area contributed by atoms with E-state index in [4.69, 9.17) is 9.41 Å². The van der Waals surface area contributed by atoms with Gasteiger partial charge in [0.05, 0.1) is 12.2 Å². The summed E-state index contributed by atoms with van der Waals surface area (Å²) < 4.78 is 5.73. The molecule has 0 spiro atoms. The Morgan fingerprint density at radius 1 is 1.18 bits per heavy atom. The van der Waals surface area contributed by atoms with Gasteiger partial charge in [0.15, 0.2) is 5.96 Å². The maximum absolute atomic E-state index is 5.73. The quantitative estimate of drug-likeness (QED) is 0.301. The van der Waals surface area contributed by atoms with Gasteiger partial charge in [-0.2, -0.15) is 0 Å². The second-order valence-electron chi connectivity index (χ2n) is 7.75. The summed E-state index contributed by atoms with van der Waals surface area (Å²) in [6.07, 6.45) is 4.80. The third-order valence-corrected chi connectivity index (χ3v) is 5.70. The number of hydrogen-bond acceptors (Lipinski definition) is 4. The highest BCUT2D eigenvalue weighted by molar-refractivity contribution is 14.0. The largest absolute Gasteiger partial charge is 0.444 e. The van der Waals surface area contributed by atoms with Crippen LogP contribution in [0.25, 0.3) is 0 Å². The van der Waals surface area contributed by atoms with Crippen molar-refractivity contribution in [1.82, 2.24) is 20.5 Å². The molecule has 2 rings (SSSR count). The van der Waals surface area contributed by atoms with E-state index in [1.807, 2.05) is 13.8 Å². The Labute approximate surface area is 188 Å². The maximum atomic E-state index is 5.73. The van der Waals surface area contributed by atoms with E-state index in [1.165, 1.54) is 25.7 Å². The number of aliphatic imine (C=N–C) groups is 1. The van der Waals surface area contributed by atoms with Crippen LogP contribution < -0.4 is 10.6 Å². The van der Waals surface area contributed by atoms with E-state index < -0.39 is 0 Å². The summed E-state index contributed by atoms with van der Waals surface area (Å²) in [4.78, 5) is 11.7. The van der Waals surface area contributed by atoms with Gasteiger partial charge in [0, 0.05) is 19.6 Å². The highest BCUT2D eigenvalue weighted by Crippen LogP contribution is 2.19. The lowest BCUT2D eigenvalue weighted by Gasteiger charge is -2.31. The average molecular weight is 505 g/mol. The molecule has 162 valence electrons. The molecule has 1 aliphatic rings. The van der Waals surface area contributed by atoms with Crippen LogP contribution in [0.3, 0.4) is 0 Å². The van der Waals surface area contributed by atoms with Crippen molar-refractivity contribution in [1.29, 1.82) is 0 Å². The van der Waals surface area contributed by atoms with Gasteiger partial charge in [0.25, 0.3) is 0 Å². The number of rotatable bonds is 9. The Hall–Kier alpha value is -0.830. The molecule has 0 atom stereocenters. The van der Waals surface area contributed by atoms with Crippen LogP contribution in [0.4, 0.5) is 0 Å². The lowest BCUT2D eigenvalue weighted by molar-refractivity contribution is 0.164. The third-order valence-electron chi connectivity index (χ3n) is 5.70. The van der Waals surface area contributed by atoms with Gasteiger partial charge in [0.1, 0.15) is 5.76 Å². The highest BCUT2D eigenvalue weighted by atomic mass is 127. The molecular weight excluding hydrogens is 465 g/mol. The summed E-state index contributed by atoms with van der Waals surface area (Å²) in [7, 11) is 0. The first-order valence-electron chi connectivity index (χ1n) is 10.7. The van der Waals surface area contributed by atoms with Gasteiger partial charge in [-0.25, -0.2) is 4.98 Å². The molecule has 2 heterocycles. The first kappa shape index (κ1) is 25.2. The van der Waals surface area contributed by atoms with Crippen molar-refractivity contribution in [2.24, 2.45) is 16.8 Å². The molecule has 0 saturated carbocycles. The first-order valence-corrected chi connectivity index (χ1v) is 10.7. The van der Waals surface area contributed by atoms with Crippen molar-refractivity contribution in [2.45, 2.75) is 66.8 Å². The van der Waals surface area contributed by atoms with E-state index in [-0.39, 0.29) is 24.0 Å². The van der Waals surface area contributed by atoms with Gasteiger partial charge in [-0.15, -0.1) is 24.0 Å². The number of guanidine groups is 1. The fourth-order valence-corrected chi connectivity index (χ4v) is 3.50. The van der Waals surface area contributed by atoms with Crippen molar-refractivity contribution in [3.63, 3.8) is 0 Å². The molecule has 0 unspecified atom stereocenters. The standard InChI is InChI=1S/C21H39N5O.HI/c1-6-18(7-2)13-23-21(22-8-3)24-14-19-9-11-26(12-10-19)15-20-25-16(4)17(5)27-20;/h18-19H,6-15H2,1-5H3,(H2,22,23,24);1H. The SMILES string of the molecule is CCNC(=NCC(CC)CC)NCC1CCN(Cc2nc(C)c(C)o2)CC1.I. The third kappa shape index (κ3) is 8.27. The fourth-order valence-electron chi connectivity index (χ4n) is 3.50. The van der Waals surface area contributed by atoms with Gasteiger partial charge in [-0.05, 0) is 58.5 Å². The Morgan fingerprint density at radius 2 is 1.86 bits per heavy atom. The zero-order valence-corrected chi connectivity index (χ0v) is 20.7. The number of oxazole rings is 1. The van der Waals surface area contributed by atoms with Crippen LogP contribution in [0.2, 0.25) is 0 Å². The topological polar surface area (TPSA) is 65.7 Å². The predicted octanol–water partition coefficient (Wildman–Crippen LogP) is 4.11. The average Bonchev–Trinajstić information content (AvgIpc) is 2.98. The van der Waals surface area contributed by atoms with Gasteiger partial charge in [-0.1, -0.05) is 26.7 Å². The summed E-state index contributed by atoms with van der Waals surface area (Å²) in [5.41, 5.74) is 1.01. The van der Waals surface area contributed by atoms with Crippen molar-refractivity contribution < 1.29 is 4.42 Å². The fraction of sp³-hybridized carbons (Fsp3) is 0.810. The summed E-state index contributed by atoms with van der Waals surface area (Å²) in [5, 5.41) is 6.94. The summed E-state index contributed by atoms with van der Waals surface area (Å²) in [5.74, 6) is 4.15. The number of nitrogens with one attached hydrogen (secondary N) is 2. The molecule has 7 heteroatoms. The molecule has 1 aromatic rings. The molecular formula is C21H40IN5O. The zero-order valence-electron chi connectivity index (χ0n) is 18.4. The number of aromatic nitrogens is 1. The maximum Gasteiger partial charge on any atom is 0.208 e. The second kappa shape index (κ2) is 13.4. The van der Waals surface area contributed by atoms with Gasteiger partial charge >= 0.3 is 0 Å². The molecule has 0 amide bonds. The molecule has 1 aromatic heterocycles. The van der Waals surface area contributed by atoms with Crippen LogP contribution in [-0.2, 0) is 6.54 Å². The molecule has 6 nitrogen and oxygen atoms in total. The molecule has 0 radical (unpaired) electrons. The van der Waals surface area contributed by atoms with Crippen molar-refractivity contribution in [3.8, 4) is 0 Å². The van der Waals surface area contributed by atoms with E-state index in [2.05, 4.69) is 41.3 Å². The molecule has 1 saturated heterocycles. The Kier molecular flexibility index (Phi) is 12.1. The molecule has 1 aliphatic heterocycles. The lowest BCUT2D eigenvalue weighted by Crippen LogP contribution is -2.43. The molecule has 0 bridgehead atoms. The molecule has 0 aromatic carbocycles. The van der Waals surface area contributed by atoms with Crippen LogP contribution in [0, 0.1) is 25.7 Å². The van der Waals surface area contributed by atoms with Crippen LogP contribution in [-0.4, -0.2) is 48.6 Å². The van der Waals surface area contributed by atoms with Crippen LogP contribution in [0.1, 0.15) is 63.8 Å². The molecule has 28 heavy (non-hydrogen) atoms. The Balaban J connectivity index is 0.00000392. The van der Waals surface area contributed by atoms with E-state index in [1.54, 1.807) is 0 Å². The normalized spacial score (nSPS) is 16.3. The number of likely N-dealkylation sites (tertiary alicyclic amines) is 1. The second-order valence-corrected chi connectivity index (χ2v) is 7.75. The highest BCUT2D eigenvalue weighted by Gasteiger charge is 2.21. The number of hydrogen-bond donors (Lipinski definition) is 2. The van der Waals surface area contributed by atoms with E-state index in [0.29, 0.717) is 11.8 Å². The number of nitrogens with zero attached hydrogens (tertiary/aromatic N) is 3. The summed E-state index contributed by atoms with van der Waals surface area (Å²) in [6.45, 7) is 16.5. The predicted molar refractivity (Wildman–Crippen MR) is 127 cm³/mol. The van der Waals surface area contributed by atoms with Gasteiger partial charge in [0.2, 0.25) is 5.89 Å². The van der Waals surface area contributed by atoms with Crippen molar-refractivity contribution in [2.75, 3.05) is 32.7 Å². The Morgan fingerprint density at radius 3 is 2.39 bits per heavy atom. The molecule has 0 aliphatic carbocycles. The Bertz CT molecular complexity index is 558. The first-order chi connectivity index (χ1) is 13.0. The van der Waals surface area contributed by atoms with E-state index in [9.17, 15) is 0 Å². The van der Waals surface area contributed by atoms with E-state index >= 15 is 0 Å². The smallest absolute Gasteiger partial charge is 0.208 e. The van der Waals surface area contributed by atoms with Crippen LogP contribution >= 0.6 is 24.0 Å². The van der Waals surface area contributed by atoms with E-state index in [0.717, 1.165) is 62.6 Å². The number of aryl methyl sites for hydroxylation is 2. The lowest BCUT2D eigenvalue weighted by atomic mass is 9.97. The van der Waals surface area contributed by atoms with Crippen molar-refractivity contribution in [3.05, 3.63) is 17.3 Å². The van der Waals surface area contributed by atoms with Gasteiger partial charge < -0.3 is 15.1 Å².